The van der Waals surface area contributed by atoms with Gasteiger partial charge in [-0.3, -0.25) is 4.79 Å². The molecule has 1 amide bonds. The summed E-state index contributed by atoms with van der Waals surface area (Å²) < 4.78 is 0. The van der Waals surface area contributed by atoms with Crippen LogP contribution in [0.3, 0.4) is 0 Å². The Balaban J connectivity index is 3.76. The van der Waals surface area contributed by atoms with E-state index in [4.69, 9.17) is 0 Å². The highest BCUT2D eigenvalue weighted by Crippen LogP contribution is 2.03. The van der Waals surface area contributed by atoms with Crippen LogP contribution in [-0.4, -0.2) is 34.9 Å². The predicted molar refractivity (Wildman–Crippen MR) is 192 cm³/mol. The normalized spacial score (nSPS) is 14.7. The molecule has 0 radical (unpaired) electrons. The van der Waals surface area contributed by atoms with Crippen LogP contribution in [0.2, 0.25) is 0 Å². The largest absolute Gasteiger partial charge is 0.394 e. The third-order valence-electron chi connectivity index (χ3n) is 6.43. The summed E-state index contributed by atoms with van der Waals surface area (Å²) in [4.78, 5) is 12.1. The summed E-state index contributed by atoms with van der Waals surface area (Å²) >= 11 is 0. The average molecular weight is 604 g/mol. The maximum atomic E-state index is 12.1. The Kier molecular flexibility index (Phi) is 31.8. The van der Waals surface area contributed by atoms with Gasteiger partial charge < -0.3 is 15.5 Å². The lowest BCUT2D eigenvalue weighted by atomic mass is 10.1. The minimum Gasteiger partial charge on any atom is -0.394 e. The molecule has 0 aliphatic carbocycles. The van der Waals surface area contributed by atoms with E-state index in [9.17, 15) is 15.0 Å². The fourth-order valence-corrected chi connectivity index (χ4v) is 3.89. The van der Waals surface area contributed by atoms with E-state index in [2.05, 4.69) is 129 Å². The van der Waals surface area contributed by atoms with E-state index in [-0.39, 0.29) is 12.5 Å². The average Bonchev–Trinajstić information content (AvgIpc) is 3.02. The van der Waals surface area contributed by atoms with Gasteiger partial charge in [0.2, 0.25) is 5.91 Å². The summed E-state index contributed by atoms with van der Waals surface area (Å²) in [5.41, 5.74) is 0. The number of aliphatic hydroxyl groups is 2. The molecule has 44 heavy (non-hydrogen) atoms. The van der Waals surface area contributed by atoms with Crippen molar-refractivity contribution in [2.45, 2.75) is 116 Å². The third kappa shape index (κ3) is 30.3. The lowest BCUT2D eigenvalue weighted by Crippen LogP contribution is -2.45. The molecule has 0 aliphatic heterocycles. The van der Waals surface area contributed by atoms with Gasteiger partial charge in [0.25, 0.3) is 0 Å². The molecule has 4 heteroatoms. The summed E-state index contributed by atoms with van der Waals surface area (Å²) in [6, 6.07) is -0.657. The zero-order valence-electron chi connectivity index (χ0n) is 27.6. The van der Waals surface area contributed by atoms with Gasteiger partial charge in [-0.05, 0) is 77.0 Å². The molecule has 244 valence electrons. The number of rotatable bonds is 27. The molecule has 2 unspecified atom stereocenters. The third-order valence-corrected chi connectivity index (χ3v) is 6.43. The topological polar surface area (TPSA) is 69.6 Å². The van der Waals surface area contributed by atoms with Crippen LogP contribution in [0.15, 0.2) is 122 Å². The van der Waals surface area contributed by atoms with E-state index in [1.54, 1.807) is 6.08 Å². The summed E-state index contributed by atoms with van der Waals surface area (Å²) in [5, 5.41) is 22.2. The molecule has 0 saturated heterocycles. The van der Waals surface area contributed by atoms with Crippen LogP contribution in [-0.2, 0) is 4.79 Å². The van der Waals surface area contributed by atoms with E-state index in [0.29, 0.717) is 6.42 Å². The highest BCUT2D eigenvalue weighted by molar-refractivity contribution is 5.76. The standard InChI is InChI=1S/C40H61NO3/c1-3-5-7-8-9-10-11-12-13-14-15-16-17-18-19-20-21-22-23-24-25-26-27-28-29-30-31-32-34-36-40(44)41-38(37-42)39(43)35-33-6-4-2/h5,7,9-10,12-13,15-16,18-19,21-22,24-25,27-28,30-31,33,35,38-39,42-43H,3-4,6,8,11,14,17,20,23,26,29,32,34,36-37H2,1-2H3,(H,41,44)/b7-5-,10-9-,13-12-,16-15-,19-18-,22-21-,25-24-,28-27-,31-30-,35-33+. The Labute approximate surface area is 269 Å². The van der Waals surface area contributed by atoms with Crippen LogP contribution in [0, 0.1) is 0 Å². The Hall–Kier alpha value is -3.21. The Morgan fingerprint density at radius 2 is 0.955 bits per heavy atom. The summed E-state index contributed by atoms with van der Waals surface area (Å²) in [7, 11) is 0. The minimum atomic E-state index is -0.867. The lowest BCUT2D eigenvalue weighted by molar-refractivity contribution is -0.122. The first kappa shape index (κ1) is 40.8. The van der Waals surface area contributed by atoms with Crippen molar-refractivity contribution < 1.29 is 15.0 Å². The molecule has 0 aromatic rings. The van der Waals surface area contributed by atoms with Crippen molar-refractivity contribution in [1.82, 2.24) is 5.32 Å². The number of hydrogen-bond donors (Lipinski definition) is 3. The molecular weight excluding hydrogens is 542 g/mol. The number of hydrogen-bond acceptors (Lipinski definition) is 3. The van der Waals surface area contributed by atoms with Gasteiger partial charge in [-0.25, -0.2) is 0 Å². The number of carbonyl (C=O) groups excluding carboxylic acids is 1. The smallest absolute Gasteiger partial charge is 0.220 e. The van der Waals surface area contributed by atoms with E-state index >= 15 is 0 Å². The SMILES string of the molecule is CC/C=C\C/C=C\C/C=C\C/C=C\C/C=C\C/C=C\C/C=C\C/C=C\C/C=C\CCCC(=O)NC(CO)C(O)/C=C/CCC. The van der Waals surface area contributed by atoms with Gasteiger partial charge in [-0.1, -0.05) is 142 Å². The number of nitrogens with one attached hydrogen (secondary N) is 1. The molecular formula is C40H61NO3. The predicted octanol–water partition coefficient (Wildman–Crippen LogP) is 9.89. The van der Waals surface area contributed by atoms with Crippen LogP contribution in [0.4, 0.5) is 0 Å². The van der Waals surface area contributed by atoms with Crippen molar-refractivity contribution in [2.75, 3.05) is 6.61 Å². The molecule has 0 aromatic carbocycles. The van der Waals surface area contributed by atoms with Crippen LogP contribution in [0.5, 0.6) is 0 Å². The fourth-order valence-electron chi connectivity index (χ4n) is 3.89. The number of aliphatic hydroxyl groups excluding tert-OH is 2. The fraction of sp³-hybridized carbons (Fsp3) is 0.475. The number of unbranched alkanes of at least 4 members (excludes halogenated alkanes) is 2. The first-order valence-electron chi connectivity index (χ1n) is 16.7. The van der Waals surface area contributed by atoms with Crippen molar-refractivity contribution in [3.05, 3.63) is 122 Å². The second-order valence-electron chi connectivity index (χ2n) is 10.5. The Bertz CT molecular complexity index is 959. The number of amides is 1. The van der Waals surface area contributed by atoms with E-state index in [0.717, 1.165) is 83.5 Å². The zero-order chi connectivity index (χ0) is 32.2. The van der Waals surface area contributed by atoms with E-state index < -0.39 is 12.1 Å². The van der Waals surface area contributed by atoms with Crippen molar-refractivity contribution in [2.24, 2.45) is 0 Å². The van der Waals surface area contributed by atoms with E-state index in [1.165, 1.54) is 0 Å². The van der Waals surface area contributed by atoms with Gasteiger partial charge in [0.1, 0.15) is 0 Å². The molecule has 0 aliphatic rings. The van der Waals surface area contributed by atoms with Crippen molar-refractivity contribution in [3.63, 3.8) is 0 Å². The Morgan fingerprint density at radius 1 is 0.568 bits per heavy atom. The molecule has 0 bridgehead atoms. The van der Waals surface area contributed by atoms with Crippen molar-refractivity contribution >= 4 is 5.91 Å². The van der Waals surface area contributed by atoms with Gasteiger partial charge in [-0.15, -0.1) is 0 Å². The number of allylic oxidation sites excluding steroid dienone is 19. The van der Waals surface area contributed by atoms with Crippen molar-refractivity contribution in [1.29, 1.82) is 0 Å². The minimum absolute atomic E-state index is 0.143. The van der Waals surface area contributed by atoms with Crippen LogP contribution >= 0.6 is 0 Å². The molecule has 0 fully saturated rings. The summed E-state index contributed by atoms with van der Waals surface area (Å²) in [6.45, 7) is 3.93. The van der Waals surface area contributed by atoms with Crippen LogP contribution in [0.1, 0.15) is 104 Å². The van der Waals surface area contributed by atoms with Crippen LogP contribution in [0.25, 0.3) is 0 Å². The van der Waals surface area contributed by atoms with Crippen molar-refractivity contribution in [3.8, 4) is 0 Å². The maximum Gasteiger partial charge on any atom is 0.220 e. The van der Waals surface area contributed by atoms with Gasteiger partial charge in [-0.2, -0.15) is 0 Å². The number of carbonyl (C=O) groups is 1. The van der Waals surface area contributed by atoms with E-state index in [1.807, 2.05) is 6.08 Å². The highest BCUT2D eigenvalue weighted by atomic mass is 16.3. The monoisotopic (exact) mass is 603 g/mol. The molecule has 0 rings (SSSR count). The first-order chi connectivity index (χ1) is 21.7. The Morgan fingerprint density at radius 3 is 1.32 bits per heavy atom. The quantitative estimate of drug-likeness (QED) is 0.0646. The van der Waals surface area contributed by atoms with Gasteiger partial charge in [0, 0.05) is 6.42 Å². The van der Waals surface area contributed by atoms with Gasteiger partial charge in [0.15, 0.2) is 0 Å². The lowest BCUT2D eigenvalue weighted by Gasteiger charge is -2.19. The van der Waals surface area contributed by atoms with Gasteiger partial charge >= 0.3 is 0 Å². The molecule has 4 nitrogen and oxygen atoms in total. The molecule has 3 N–H and O–H groups in total. The highest BCUT2D eigenvalue weighted by Gasteiger charge is 2.17. The molecule has 0 spiro atoms. The maximum absolute atomic E-state index is 12.1. The van der Waals surface area contributed by atoms with Gasteiger partial charge in [0.05, 0.1) is 18.8 Å². The van der Waals surface area contributed by atoms with Crippen LogP contribution < -0.4 is 5.32 Å². The second-order valence-corrected chi connectivity index (χ2v) is 10.5. The first-order valence-corrected chi connectivity index (χ1v) is 16.7. The molecule has 0 heterocycles. The zero-order valence-corrected chi connectivity index (χ0v) is 27.6. The molecule has 2 atom stereocenters. The second kappa shape index (κ2) is 34.3. The summed E-state index contributed by atoms with van der Waals surface area (Å²) in [5.74, 6) is -0.143. The summed E-state index contributed by atoms with van der Waals surface area (Å²) in [6.07, 6.45) is 54.9. The molecule has 0 aromatic heterocycles. The molecule has 0 saturated carbocycles.